The lowest BCUT2D eigenvalue weighted by atomic mass is 10.2. The van der Waals surface area contributed by atoms with Crippen molar-refractivity contribution in [2.75, 3.05) is 10.6 Å². The van der Waals surface area contributed by atoms with Crippen LogP contribution in [0.15, 0.2) is 48.7 Å². The van der Waals surface area contributed by atoms with E-state index >= 15 is 0 Å². The maximum Gasteiger partial charge on any atom is 0.417 e. The van der Waals surface area contributed by atoms with E-state index in [4.69, 9.17) is 9.47 Å². The summed E-state index contributed by atoms with van der Waals surface area (Å²) in [7, 11) is 0. The van der Waals surface area contributed by atoms with E-state index in [-0.39, 0.29) is 0 Å². The molecule has 0 aliphatic rings. The highest BCUT2D eigenvalue weighted by Gasteiger charge is 2.16. The van der Waals surface area contributed by atoms with Crippen LogP contribution >= 0.6 is 0 Å². The number of carbonyl (C=O) groups is 2. The highest BCUT2D eigenvalue weighted by molar-refractivity contribution is 5.87. The molecule has 0 spiro atoms. The van der Waals surface area contributed by atoms with E-state index in [1.807, 2.05) is 6.07 Å². The van der Waals surface area contributed by atoms with Gasteiger partial charge in [0.25, 0.3) is 0 Å². The first-order valence-corrected chi connectivity index (χ1v) is 7.32. The molecule has 2 amide bonds. The number of nitrogens with zero attached hydrogens (tertiary/aromatic N) is 1. The van der Waals surface area contributed by atoms with Crippen LogP contribution in [0.2, 0.25) is 0 Å². The van der Waals surface area contributed by atoms with Crippen LogP contribution in [0.1, 0.15) is 20.8 Å². The van der Waals surface area contributed by atoms with Gasteiger partial charge in [0.2, 0.25) is 0 Å². The van der Waals surface area contributed by atoms with E-state index in [1.54, 1.807) is 57.2 Å². The van der Waals surface area contributed by atoms with Gasteiger partial charge >= 0.3 is 12.2 Å². The highest BCUT2D eigenvalue weighted by Crippen LogP contribution is 2.14. The van der Waals surface area contributed by atoms with Gasteiger partial charge in [-0.2, -0.15) is 0 Å². The van der Waals surface area contributed by atoms with Crippen molar-refractivity contribution in [2.24, 2.45) is 0 Å². The molecule has 0 radical (unpaired) electrons. The molecule has 1 aromatic heterocycles. The average Bonchev–Trinajstić information content (AvgIpc) is 2.48. The van der Waals surface area contributed by atoms with Crippen molar-refractivity contribution >= 4 is 23.7 Å². The molecule has 1 aromatic carbocycles. The van der Waals surface area contributed by atoms with Crippen molar-refractivity contribution in [3.8, 4) is 5.75 Å². The fraction of sp³-hybridized carbons (Fsp3) is 0.235. The zero-order valence-electron chi connectivity index (χ0n) is 13.7. The molecule has 0 fully saturated rings. The Hall–Kier alpha value is -3.09. The molecule has 2 rings (SSSR count). The van der Waals surface area contributed by atoms with Crippen molar-refractivity contribution in [1.82, 2.24) is 4.98 Å². The standard InChI is InChI=1S/C17H19N3O4/c1-17(2,3)24-16(22)20-14-10-9-12(11-18-14)19-15(21)23-13-7-5-4-6-8-13/h4-11H,1-3H3,(H,19,21)(H,18,20,22). The van der Waals surface area contributed by atoms with Crippen molar-refractivity contribution in [2.45, 2.75) is 26.4 Å². The molecule has 0 aliphatic carbocycles. The molecule has 0 atom stereocenters. The number of benzene rings is 1. The molecular formula is C17H19N3O4. The number of hydrogen-bond acceptors (Lipinski definition) is 5. The predicted octanol–water partition coefficient (Wildman–Crippen LogP) is 4.04. The number of carbonyl (C=O) groups excluding carboxylic acids is 2. The van der Waals surface area contributed by atoms with Crippen molar-refractivity contribution < 1.29 is 19.1 Å². The molecule has 0 unspecified atom stereocenters. The number of rotatable bonds is 3. The Balaban J connectivity index is 1.87. The lowest BCUT2D eigenvalue weighted by Gasteiger charge is -2.19. The minimum Gasteiger partial charge on any atom is -0.444 e. The fourth-order valence-corrected chi connectivity index (χ4v) is 1.69. The third-order valence-electron chi connectivity index (χ3n) is 2.59. The predicted molar refractivity (Wildman–Crippen MR) is 90.2 cm³/mol. The van der Waals surface area contributed by atoms with E-state index in [9.17, 15) is 9.59 Å². The molecule has 1 heterocycles. The molecule has 0 saturated carbocycles. The van der Waals surface area contributed by atoms with Gasteiger partial charge in [0.1, 0.15) is 17.2 Å². The van der Waals surface area contributed by atoms with Gasteiger partial charge in [0.15, 0.2) is 0 Å². The normalized spacial score (nSPS) is 10.6. The third-order valence-corrected chi connectivity index (χ3v) is 2.59. The van der Waals surface area contributed by atoms with Crippen molar-refractivity contribution in [1.29, 1.82) is 0 Å². The Bertz CT molecular complexity index is 694. The summed E-state index contributed by atoms with van der Waals surface area (Å²) in [5, 5.41) is 5.04. The van der Waals surface area contributed by atoms with E-state index in [2.05, 4.69) is 15.6 Å². The second-order valence-corrected chi connectivity index (χ2v) is 5.89. The number of hydrogen-bond donors (Lipinski definition) is 2. The van der Waals surface area contributed by atoms with Crippen molar-refractivity contribution in [3.63, 3.8) is 0 Å². The zero-order chi connectivity index (χ0) is 17.6. The van der Waals surface area contributed by atoms with Gasteiger partial charge in [0.05, 0.1) is 11.9 Å². The summed E-state index contributed by atoms with van der Waals surface area (Å²) in [4.78, 5) is 27.4. The molecule has 2 N–H and O–H groups in total. The average molecular weight is 329 g/mol. The van der Waals surface area contributed by atoms with E-state index < -0.39 is 17.8 Å². The number of aromatic nitrogens is 1. The smallest absolute Gasteiger partial charge is 0.417 e. The quantitative estimate of drug-likeness (QED) is 0.887. The third kappa shape index (κ3) is 5.96. The Morgan fingerprint density at radius 3 is 2.25 bits per heavy atom. The maximum atomic E-state index is 11.8. The molecule has 24 heavy (non-hydrogen) atoms. The minimum absolute atomic E-state index is 0.311. The van der Waals surface area contributed by atoms with Crippen LogP contribution in [0.25, 0.3) is 0 Å². The van der Waals surface area contributed by atoms with Gasteiger partial charge in [-0.1, -0.05) is 18.2 Å². The first kappa shape index (κ1) is 17.3. The summed E-state index contributed by atoms with van der Waals surface area (Å²) in [5.41, 5.74) is -0.155. The Labute approximate surface area is 140 Å². The topological polar surface area (TPSA) is 89.6 Å². The summed E-state index contributed by atoms with van der Waals surface area (Å²) in [6.07, 6.45) is 0.175. The second kappa shape index (κ2) is 7.45. The van der Waals surface area contributed by atoms with Gasteiger partial charge in [-0.05, 0) is 45.0 Å². The monoisotopic (exact) mass is 329 g/mol. The summed E-state index contributed by atoms with van der Waals surface area (Å²) in [6, 6.07) is 11.8. The van der Waals surface area contributed by atoms with Gasteiger partial charge in [-0.25, -0.2) is 14.6 Å². The molecule has 2 aromatic rings. The van der Waals surface area contributed by atoms with Crippen LogP contribution in [0, 0.1) is 0 Å². The van der Waals surface area contributed by atoms with Crippen LogP contribution in [0.3, 0.4) is 0 Å². The number of nitrogens with one attached hydrogen (secondary N) is 2. The van der Waals surface area contributed by atoms with Crippen LogP contribution in [-0.2, 0) is 4.74 Å². The van der Waals surface area contributed by atoms with Crippen LogP contribution < -0.4 is 15.4 Å². The first-order valence-electron chi connectivity index (χ1n) is 7.32. The Morgan fingerprint density at radius 2 is 1.67 bits per heavy atom. The van der Waals surface area contributed by atoms with Crippen LogP contribution in [0.5, 0.6) is 5.75 Å². The van der Waals surface area contributed by atoms with Gasteiger partial charge in [0, 0.05) is 0 Å². The molecule has 126 valence electrons. The number of para-hydroxylation sites is 1. The Morgan fingerprint density at radius 1 is 0.958 bits per heavy atom. The number of pyridine rings is 1. The number of amides is 2. The fourth-order valence-electron chi connectivity index (χ4n) is 1.69. The molecule has 7 heteroatoms. The van der Waals surface area contributed by atoms with E-state index in [0.717, 1.165) is 0 Å². The van der Waals surface area contributed by atoms with Gasteiger partial charge < -0.3 is 9.47 Å². The second-order valence-electron chi connectivity index (χ2n) is 5.89. The minimum atomic E-state index is -0.629. The number of anilines is 2. The summed E-state index contributed by atoms with van der Waals surface area (Å²) < 4.78 is 10.2. The summed E-state index contributed by atoms with van der Waals surface area (Å²) in [5.74, 6) is 0.748. The maximum absolute atomic E-state index is 11.8. The molecule has 7 nitrogen and oxygen atoms in total. The molecule has 0 saturated heterocycles. The first-order chi connectivity index (χ1) is 11.3. The molecular weight excluding hydrogens is 310 g/mol. The largest absolute Gasteiger partial charge is 0.444 e. The summed E-state index contributed by atoms with van der Waals surface area (Å²) >= 11 is 0. The SMILES string of the molecule is CC(C)(C)OC(=O)Nc1ccc(NC(=O)Oc2ccccc2)cn1. The lowest BCUT2D eigenvalue weighted by Crippen LogP contribution is -2.27. The van der Waals surface area contributed by atoms with Crippen molar-refractivity contribution in [3.05, 3.63) is 48.7 Å². The molecule has 0 aliphatic heterocycles. The summed E-state index contributed by atoms with van der Waals surface area (Å²) in [6.45, 7) is 5.31. The highest BCUT2D eigenvalue weighted by atomic mass is 16.6. The Kier molecular flexibility index (Phi) is 5.36. The number of ether oxygens (including phenoxy) is 2. The molecule has 0 bridgehead atoms. The van der Waals surface area contributed by atoms with E-state index in [1.165, 1.54) is 6.20 Å². The van der Waals surface area contributed by atoms with E-state index in [0.29, 0.717) is 17.3 Å². The lowest BCUT2D eigenvalue weighted by molar-refractivity contribution is 0.0635. The van der Waals surface area contributed by atoms with Crippen LogP contribution in [0.4, 0.5) is 21.1 Å². The zero-order valence-corrected chi connectivity index (χ0v) is 13.7. The van der Waals surface area contributed by atoms with Gasteiger partial charge in [-0.15, -0.1) is 0 Å². The van der Waals surface area contributed by atoms with Gasteiger partial charge in [-0.3, -0.25) is 10.6 Å². The van der Waals surface area contributed by atoms with Crippen LogP contribution in [-0.4, -0.2) is 22.8 Å².